The maximum Gasteiger partial charge on any atom is 0.155 e. The van der Waals surface area contributed by atoms with Gasteiger partial charge < -0.3 is 9.67 Å². The molecular weight excluding hydrogens is 264 g/mol. The molecule has 0 radical (unpaired) electrons. The van der Waals surface area contributed by atoms with Gasteiger partial charge in [0.25, 0.3) is 0 Å². The van der Waals surface area contributed by atoms with Crippen LogP contribution in [0.25, 0.3) is 11.0 Å². The van der Waals surface area contributed by atoms with Crippen molar-refractivity contribution >= 4 is 20.9 Å². The molecule has 6 heteroatoms. The number of sulfone groups is 1. The van der Waals surface area contributed by atoms with E-state index in [-0.39, 0.29) is 11.5 Å². The molecular formula is C13H16N2O3S. The summed E-state index contributed by atoms with van der Waals surface area (Å²) in [5, 5.41) is 9.95. The second kappa shape index (κ2) is 4.05. The lowest BCUT2D eigenvalue weighted by Crippen LogP contribution is -2.21. The molecule has 19 heavy (non-hydrogen) atoms. The molecule has 1 aliphatic heterocycles. The number of hydrogen-bond donors (Lipinski definition) is 1. The molecule has 0 spiro atoms. The second-order valence-corrected chi connectivity index (χ2v) is 7.44. The highest BCUT2D eigenvalue weighted by Gasteiger charge is 2.38. The zero-order valence-electron chi connectivity index (χ0n) is 10.9. The zero-order chi connectivity index (χ0) is 13.8. The third kappa shape index (κ3) is 2.04. The first-order chi connectivity index (χ1) is 8.87. The lowest BCUT2D eigenvalue weighted by atomic mass is 10.1. The quantitative estimate of drug-likeness (QED) is 0.845. The Labute approximate surface area is 111 Å². The highest BCUT2D eigenvalue weighted by Crippen LogP contribution is 2.28. The van der Waals surface area contributed by atoms with E-state index in [0.29, 0.717) is 0 Å². The molecule has 102 valence electrons. The summed E-state index contributed by atoms with van der Waals surface area (Å²) in [5.74, 6) is -0.186. The smallest absolute Gasteiger partial charge is 0.155 e. The van der Waals surface area contributed by atoms with Crippen LogP contribution in [-0.4, -0.2) is 40.7 Å². The van der Waals surface area contributed by atoms with Gasteiger partial charge in [0.05, 0.1) is 41.0 Å². The number of aromatic nitrogens is 2. The van der Waals surface area contributed by atoms with E-state index in [0.717, 1.165) is 22.2 Å². The van der Waals surface area contributed by atoms with Gasteiger partial charge in [-0.2, -0.15) is 0 Å². The fourth-order valence-corrected chi connectivity index (χ4v) is 4.40. The van der Waals surface area contributed by atoms with Crippen LogP contribution in [0.4, 0.5) is 0 Å². The molecule has 0 saturated carbocycles. The predicted octanol–water partition coefficient (Wildman–Crippen LogP) is 0.984. The third-order valence-corrected chi connectivity index (χ3v) is 5.54. The minimum atomic E-state index is -3.16. The van der Waals surface area contributed by atoms with E-state index in [9.17, 15) is 13.5 Å². The summed E-state index contributed by atoms with van der Waals surface area (Å²) >= 11 is 0. The van der Waals surface area contributed by atoms with Gasteiger partial charge in [0, 0.05) is 0 Å². The molecule has 2 atom stereocenters. The van der Waals surface area contributed by atoms with Crippen LogP contribution in [0.5, 0.6) is 0 Å². The average Bonchev–Trinajstić information content (AvgIpc) is 2.80. The molecule has 0 bridgehead atoms. The molecule has 1 aliphatic rings. The molecule has 1 N–H and O–H groups in total. The molecule has 2 aromatic rings. The van der Waals surface area contributed by atoms with E-state index < -0.39 is 22.0 Å². The normalized spacial score (nSPS) is 26.1. The fraction of sp³-hybridized carbons (Fsp3) is 0.462. The van der Waals surface area contributed by atoms with E-state index >= 15 is 0 Å². The van der Waals surface area contributed by atoms with Crippen LogP contribution in [0.15, 0.2) is 18.5 Å². The van der Waals surface area contributed by atoms with Crippen LogP contribution in [0, 0.1) is 13.8 Å². The van der Waals surface area contributed by atoms with Crippen molar-refractivity contribution in [3.63, 3.8) is 0 Å². The number of benzene rings is 1. The number of nitrogens with zero attached hydrogens (tertiary/aromatic N) is 2. The van der Waals surface area contributed by atoms with Crippen molar-refractivity contribution in [3.05, 3.63) is 29.6 Å². The Hall–Kier alpha value is -1.40. The second-order valence-electron chi connectivity index (χ2n) is 5.29. The Bertz CT molecular complexity index is 749. The predicted molar refractivity (Wildman–Crippen MR) is 72.9 cm³/mol. The van der Waals surface area contributed by atoms with Crippen molar-refractivity contribution < 1.29 is 13.5 Å². The number of rotatable bonds is 1. The molecule has 1 aromatic heterocycles. The summed E-state index contributed by atoms with van der Waals surface area (Å²) in [4.78, 5) is 4.30. The van der Waals surface area contributed by atoms with Gasteiger partial charge in [-0.05, 0) is 37.1 Å². The first kappa shape index (κ1) is 12.6. The van der Waals surface area contributed by atoms with Crippen LogP contribution < -0.4 is 0 Å². The molecule has 2 heterocycles. The minimum absolute atomic E-state index is 0.0213. The monoisotopic (exact) mass is 280 g/mol. The SMILES string of the molecule is Cc1cc2ncn(C3CS(=O)(=O)CC3O)c2cc1C. The summed E-state index contributed by atoms with van der Waals surface area (Å²) in [7, 11) is -3.16. The van der Waals surface area contributed by atoms with Gasteiger partial charge in [-0.3, -0.25) is 0 Å². The number of aryl methyl sites for hydroxylation is 2. The van der Waals surface area contributed by atoms with Crippen molar-refractivity contribution in [2.45, 2.75) is 26.0 Å². The lowest BCUT2D eigenvalue weighted by molar-refractivity contribution is 0.155. The van der Waals surface area contributed by atoms with Crippen LogP contribution in [0.1, 0.15) is 17.2 Å². The minimum Gasteiger partial charge on any atom is -0.390 e. The topological polar surface area (TPSA) is 72.2 Å². The number of aliphatic hydroxyl groups is 1. The number of fused-ring (bicyclic) bond motifs is 1. The summed E-state index contributed by atoms with van der Waals surface area (Å²) in [6.45, 7) is 4.02. The molecule has 3 rings (SSSR count). The highest BCUT2D eigenvalue weighted by atomic mass is 32.2. The van der Waals surface area contributed by atoms with E-state index in [4.69, 9.17) is 0 Å². The lowest BCUT2D eigenvalue weighted by Gasteiger charge is -2.15. The number of hydrogen-bond acceptors (Lipinski definition) is 4. The maximum absolute atomic E-state index is 11.6. The Morgan fingerprint density at radius 1 is 1.26 bits per heavy atom. The molecule has 0 aliphatic carbocycles. The third-order valence-electron chi connectivity index (χ3n) is 3.84. The van der Waals surface area contributed by atoms with Crippen molar-refractivity contribution in [1.29, 1.82) is 0 Å². The van der Waals surface area contributed by atoms with Crippen LogP contribution in [-0.2, 0) is 9.84 Å². The van der Waals surface area contributed by atoms with E-state index in [1.54, 1.807) is 10.9 Å². The van der Waals surface area contributed by atoms with Gasteiger partial charge >= 0.3 is 0 Å². The first-order valence-corrected chi connectivity index (χ1v) is 8.02. The molecule has 1 fully saturated rings. The maximum atomic E-state index is 11.6. The van der Waals surface area contributed by atoms with Crippen molar-refractivity contribution in [2.24, 2.45) is 0 Å². The van der Waals surface area contributed by atoms with Crippen LogP contribution >= 0.6 is 0 Å². The van der Waals surface area contributed by atoms with Crippen molar-refractivity contribution in [3.8, 4) is 0 Å². The average molecular weight is 280 g/mol. The van der Waals surface area contributed by atoms with E-state index in [2.05, 4.69) is 4.98 Å². The van der Waals surface area contributed by atoms with Crippen molar-refractivity contribution in [2.75, 3.05) is 11.5 Å². The molecule has 2 unspecified atom stereocenters. The molecule has 1 aromatic carbocycles. The summed E-state index contributed by atoms with van der Waals surface area (Å²) < 4.78 is 25.0. The van der Waals surface area contributed by atoms with Crippen LogP contribution in [0.2, 0.25) is 0 Å². The zero-order valence-corrected chi connectivity index (χ0v) is 11.7. The molecule has 5 nitrogen and oxygen atoms in total. The summed E-state index contributed by atoms with van der Waals surface area (Å²) in [5.41, 5.74) is 3.99. The van der Waals surface area contributed by atoms with Gasteiger partial charge in [-0.15, -0.1) is 0 Å². The Kier molecular flexibility index (Phi) is 2.69. The van der Waals surface area contributed by atoms with Gasteiger partial charge in [0.1, 0.15) is 0 Å². The van der Waals surface area contributed by atoms with E-state index in [1.807, 2.05) is 26.0 Å². The Balaban J connectivity index is 2.14. The standard InChI is InChI=1S/C13H16N2O3S/c1-8-3-10-11(4-9(8)2)15(7-14-10)12-5-19(17,18)6-13(12)16/h3-4,7,12-13,16H,5-6H2,1-2H3. The number of imidazole rings is 1. The van der Waals surface area contributed by atoms with Crippen LogP contribution in [0.3, 0.4) is 0 Å². The van der Waals surface area contributed by atoms with Gasteiger partial charge in [-0.1, -0.05) is 0 Å². The van der Waals surface area contributed by atoms with Gasteiger partial charge in [-0.25, -0.2) is 13.4 Å². The Morgan fingerprint density at radius 2 is 1.95 bits per heavy atom. The molecule has 0 amide bonds. The van der Waals surface area contributed by atoms with Gasteiger partial charge in [0.2, 0.25) is 0 Å². The van der Waals surface area contributed by atoms with Crippen molar-refractivity contribution in [1.82, 2.24) is 9.55 Å². The first-order valence-electron chi connectivity index (χ1n) is 6.20. The summed E-state index contributed by atoms with van der Waals surface area (Å²) in [6, 6.07) is 3.55. The Morgan fingerprint density at radius 3 is 2.58 bits per heavy atom. The van der Waals surface area contributed by atoms with E-state index in [1.165, 1.54) is 0 Å². The highest BCUT2D eigenvalue weighted by molar-refractivity contribution is 7.91. The fourth-order valence-electron chi connectivity index (χ4n) is 2.62. The molecule has 1 saturated heterocycles. The summed E-state index contributed by atoms with van der Waals surface area (Å²) in [6.07, 6.45) is 0.766. The largest absolute Gasteiger partial charge is 0.390 e. The number of aliphatic hydroxyl groups excluding tert-OH is 1. The van der Waals surface area contributed by atoms with Gasteiger partial charge in [0.15, 0.2) is 9.84 Å².